The highest BCUT2D eigenvalue weighted by Gasteiger charge is 2.27. The van der Waals surface area contributed by atoms with Gasteiger partial charge in [0.15, 0.2) is 0 Å². The van der Waals surface area contributed by atoms with E-state index in [0.717, 1.165) is 31.2 Å². The van der Waals surface area contributed by atoms with Crippen LogP contribution in [0.25, 0.3) is 11.3 Å². The van der Waals surface area contributed by atoms with E-state index in [1.165, 1.54) is 5.56 Å². The molecule has 6 heteroatoms. The van der Waals surface area contributed by atoms with Crippen molar-refractivity contribution in [2.24, 2.45) is 0 Å². The standard InChI is InChI=1S/C23H27N3O2S/c1-17(2)18-12-14-20(15-13-18)25-29(27,28)22-16-26(21-10-6-7-11-21)24-23(22)19-8-4-3-5-9-19/h3-5,8-9,12-17,21,25H,6-7,10-11H2,1-2H3. The Kier molecular flexibility index (Phi) is 5.46. The summed E-state index contributed by atoms with van der Waals surface area (Å²) in [6.45, 7) is 4.23. The van der Waals surface area contributed by atoms with Crippen LogP contribution in [0.3, 0.4) is 0 Å². The molecule has 0 saturated heterocycles. The Balaban J connectivity index is 1.71. The molecule has 1 aromatic heterocycles. The van der Waals surface area contributed by atoms with Crippen molar-refractivity contribution in [3.8, 4) is 11.3 Å². The molecule has 29 heavy (non-hydrogen) atoms. The Labute approximate surface area is 172 Å². The Hall–Kier alpha value is -2.60. The molecule has 0 unspecified atom stereocenters. The Bertz CT molecular complexity index is 1070. The first kappa shape index (κ1) is 19.7. The maximum Gasteiger partial charge on any atom is 0.265 e. The second-order valence-electron chi connectivity index (χ2n) is 8.01. The lowest BCUT2D eigenvalue weighted by atomic mass is 10.0. The Morgan fingerprint density at radius 1 is 1.00 bits per heavy atom. The van der Waals surface area contributed by atoms with Crippen molar-refractivity contribution in [2.75, 3.05) is 4.72 Å². The van der Waals surface area contributed by atoms with Crippen LogP contribution in [0.15, 0.2) is 65.7 Å². The van der Waals surface area contributed by atoms with Gasteiger partial charge in [-0.25, -0.2) is 8.42 Å². The number of rotatable bonds is 6. The summed E-state index contributed by atoms with van der Waals surface area (Å²) >= 11 is 0. The van der Waals surface area contributed by atoms with Crippen molar-refractivity contribution in [1.29, 1.82) is 0 Å². The van der Waals surface area contributed by atoms with E-state index in [-0.39, 0.29) is 10.9 Å². The van der Waals surface area contributed by atoms with Gasteiger partial charge in [-0.3, -0.25) is 9.40 Å². The Morgan fingerprint density at radius 3 is 2.28 bits per heavy atom. The fourth-order valence-corrected chi connectivity index (χ4v) is 5.09. The van der Waals surface area contributed by atoms with Crippen molar-refractivity contribution in [2.45, 2.75) is 56.4 Å². The second kappa shape index (κ2) is 8.03. The summed E-state index contributed by atoms with van der Waals surface area (Å²) in [4.78, 5) is 0.225. The summed E-state index contributed by atoms with van der Waals surface area (Å²) in [6.07, 6.45) is 6.10. The smallest absolute Gasteiger partial charge is 0.265 e. The molecule has 5 nitrogen and oxygen atoms in total. The van der Waals surface area contributed by atoms with Crippen molar-refractivity contribution in [3.63, 3.8) is 0 Å². The average Bonchev–Trinajstić information content (AvgIpc) is 3.39. The molecule has 1 aliphatic carbocycles. The van der Waals surface area contributed by atoms with Crippen LogP contribution in [0.2, 0.25) is 0 Å². The zero-order valence-corrected chi connectivity index (χ0v) is 17.7. The molecule has 3 aromatic rings. The van der Waals surface area contributed by atoms with Gasteiger partial charge >= 0.3 is 0 Å². The van der Waals surface area contributed by atoms with Crippen LogP contribution >= 0.6 is 0 Å². The van der Waals surface area contributed by atoms with Gasteiger partial charge in [0.05, 0.1) is 6.04 Å². The van der Waals surface area contributed by atoms with E-state index in [9.17, 15) is 8.42 Å². The average molecular weight is 410 g/mol. The van der Waals surface area contributed by atoms with Crippen molar-refractivity contribution < 1.29 is 8.42 Å². The summed E-state index contributed by atoms with van der Waals surface area (Å²) in [6, 6.07) is 17.3. The quantitative estimate of drug-likeness (QED) is 0.577. The molecular weight excluding hydrogens is 382 g/mol. The number of hydrogen-bond acceptors (Lipinski definition) is 3. The largest absolute Gasteiger partial charge is 0.280 e. The summed E-state index contributed by atoms with van der Waals surface area (Å²) in [5.74, 6) is 0.398. The lowest BCUT2D eigenvalue weighted by Gasteiger charge is -2.10. The lowest BCUT2D eigenvalue weighted by molar-refractivity contribution is 0.467. The maximum absolute atomic E-state index is 13.3. The number of hydrogen-bond donors (Lipinski definition) is 1. The van der Waals surface area contributed by atoms with Crippen molar-refractivity contribution >= 4 is 15.7 Å². The van der Waals surface area contributed by atoms with Crippen molar-refractivity contribution in [3.05, 3.63) is 66.4 Å². The second-order valence-corrected chi connectivity index (χ2v) is 9.66. The van der Waals surface area contributed by atoms with E-state index in [2.05, 4.69) is 18.6 Å². The van der Waals surface area contributed by atoms with Gasteiger partial charge in [-0.05, 0) is 36.5 Å². The highest BCUT2D eigenvalue weighted by molar-refractivity contribution is 7.92. The first-order chi connectivity index (χ1) is 13.9. The molecule has 0 amide bonds. The predicted molar refractivity (Wildman–Crippen MR) is 117 cm³/mol. The van der Waals surface area contributed by atoms with Crippen LogP contribution in [0, 0.1) is 0 Å². The van der Waals surface area contributed by atoms with E-state index in [4.69, 9.17) is 5.10 Å². The van der Waals surface area contributed by atoms with Gasteiger partial charge in [-0.15, -0.1) is 0 Å². The fraction of sp³-hybridized carbons (Fsp3) is 0.348. The van der Waals surface area contributed by atoms with Crippen LogP contribution in [0.5, 0.6) is 0 Å². The zero-order chi connectivity index (χ0) is 20.4. The molecule has 1 aliphatic rings. The van der Waals surface area contributed by atoms with Gasteiger partial charge in [-0.2, -0.15) is 5.10 Å². The van der Waals surface area contributed by atoms with Crippen LogP contribution in [0.4, 0.5) is 5.69 Å². The predicted octanol–water partition coefficient (Wildman–Crippen LogP) is 5.59. The monoisotopic (exact) mass is 409 g/mol. The normalized spacial score (nSPS) is 15.1. The topological polar surface area (TPSA) is 64.0 Å². The summed E-state index contributed by atoms with van der Waals surface area (Å²) in [7, 11) is -3.77. The van der Waals surface area contributed by atoms with Gasteiger partial charge in [0.25, 0.3) is 10.0 Å². The third-order valence-electron chi connectivity index (χ3n) is 5.56. The molecule has 1 fully saturated rings. The summed E-state index contributed by atoms with van der Waals surface area (Å²) in [5, 5.41) is 4.71. The van der Waals surface area contributed by atoms with Crippen LogP contribution < -0.4 is 4.72 Å². The molecule has 0 aliphatic heterocycles. The van der Waals surface area contributed by atoms with E-state index in [1.54, 1.807) is 6.20 Å². The van der Waals surface area contributed by atoms with Crippen LogP contribution in [0.1, 0.15) is 57.1 Å². The molecule has 0 radical (unpaired) electrons. The van der Waals surface area contributed by atoms with Gasteiger partial charge in [0.1, 0.15) is 10.6 Å². The summed E-state index contributed by atoms with van der Waals surface area (Å²) < 4.78 is 31.1. The molecule has 0 spiro atoms. The van der Waals surface area contributed by atoms with Gasteiger partial charge in [0, 0.05) is 17.4 Å². The number of benzene rings is 2. The SMILES string of the molecule is CC(C)c1ccc(NS(=O)(=O)c2cn(C3CCCC3)nc2-c2ccccc2)cc1. The molecule has 1 saturated carbocycles. The number of nitrogens with zero attached hydrogens (tertiary/aromatic N) is 2. The summed E-state index contributed by atoms with van der Waals surface area (Å²) in [5.41, 5.74) is 3.04. The number of nitrogens with one attached hydrogen (secondary N) is 1. The Morgan fingerprint density at radius 2 is 1.66 bits per heavy atom. The molecule has 0 atom stereocenters. The van der Waals surface area contributed by atoms with Crippen LogP contribution in [-0.2, 0) is 10.0 Å². The number of anilines is 1. The molecule has 0 bridgehead atoms. The van der Waals surface area contributed by atoms with Gasteiger partial charge in [-0.1, -0.05) is 69.2 Å². The van der Waals surface area contributed by atoms with Crippen molar-refractivity contribution in [1.82, 2.24) is 9.78 Å². The van der Waals surface area contributed by atoms with E-state index >= 15 is 0 Å². The maximum atomic E-state index is 13.3. The molecule has 1 N–H and O–H groups in total. The third-order valence-corrected chi connectivity index (χ3v) is 6.95. The highest BCUT2D eigenvalue weighted by Crippen LogP contribution is 2.34. The van der Waals surface area contributed by atoms with Gasteiger partial charge < -0.3 is 0 Å². The third kappa shape index (κ3) is 4.22. The molecule has 4 rings (SSSR count). The minimum atomic E-state index is -3.77. The molecule has 1 heterocycles. The number of aromatic nitrogens is 2. The molecule has 2 aromatic carbocycles. The highest BCUT2D eigenvalue weighted by atomic mass is 32.2. The molecule has 152 valence electrons. The minimum Gasteiger partial charge on any atom is -0.280 e. The first-order valence-electron chi connectivity index (χ1n) is 10.2. The molecular formula is C23H27N3O2S. The van der Waals surface area contributed by atoms with Crippen LogP contribution in [-0.4, -0.2) is 18.2 Å². The first-order valence-corrected chi connectivity index (χ1v) is 11.7. The number of sulfonamides is 1. The lowest BCUT2D eigenvalue weighted by Crippen LogP contribution is -2.13. The van der Waals surface area contributed by atoms with Gasteiger partial charge in [0.2, 0.25) is 0 Å². The van der Waals surface area contributed by atoms with E-state index in [0.29, 0.717) is 17.3 Å². The fourth-order valence-electron chi connectivity index (χ4n) is 3.87. The van der Waals surface area contributed by atoms with E-state index in [1.807, 2.05) is 59.3 Å². The zero-order valence-electron chi connectivity index (χ0n) is 16.9. The minimum absolute atomic E-state index is 0.225. The van der Waals surface area contributed by atoms with E-state index < -0.39 is 10.0 Å².